The summed E-state index contributed by atoms with van der Waals surface area (Å²) in [5.41, 5.74) is 1.32. The molecule has 0 radical (unpaired) electrons. The zero-order chi connectivity index (χ0) is 24.8. The Morgan fingerprint density at radius 3 is 1.91 bits per heavy atom. The van der Waals surface area contributed by atoms with Gasteiger partial charge >= 0.3 is 10.1 Å². The van der Waals surface area contributed by atoms with E-state index in [1.807, 2.05) is 58.0 Å². The molecule has 0 atom stereocenters. The molecule has 0 saturated heterocycles. The van der Waals surface area contributed by atoms with E-state index in [0.717, 1.165) is 16.8 Å². The van der Waals surface area contributed by atoms with Gasteiger partial charge in [-0.15, -0.1) is 0 Å². The van der Waals surface area contributed by atoms with Crippen molar-refractivity contribution >= 4 is 41.8 Å². The molecule has 0 aliphatic heterocycles. The quantitative estimate of drug-likeness (QED) is 0.242. The maximum Gasteiger partial charge on any atom is 0.339 e. The largest absolute Gasteiger partial charge is 0.744 e. The van der Waals surface area contributed by atoms with Gasteiger partial charge in [0.15, 0.2) is 5.75 Å². The minimum atomic E-state index is -4.76. The smallest absolute Gasteiger partial charge is 0.339 e. The second kappa shape index (κ2) is 8.69. The van der Waals surface area contributed by atoms with Crippen molar-refractivity contribution < 1.29 is 25.6 Å². The van der Waals surface area contributed by atoms with E-state index in [1.165, 1.54) is 18.2 Å². The molecule has 4 aromatic carbocycles. The van der Waals surface area contributed by atoms with Gasteiger partial charge in [-0.3, -0.25) is 0 Å². The van der Waals surface area contributed by atoms with Gasteiger partial charge in [-0.05, 0) is 51.9 Å². The van der Waals surface area contributed by atoms with Crippen LogP contribution in [0.4, 0.5) is 0 Å². The summed E-state index contributed by atoms with van der Waals surface area (Å²) in [5, 5.41) is 2.11. The summed E-state index contributed by atoms with van der Waals surface area (Å²) in [6, 6.07) is 18.0. The van der Waals surface area contributed by atoms with Crippen LogP contribution in [0.5, 0.6) is 5.75 Å². The Labute approximate surface area is 200 Å². The first-order chi connectivity index (χ1) is 15.9. The molecule has 0 spiro atoms. The maximum atomic E-state index is 13.8. The van der Waals surface area contributed by atoms with E-state index in [-0.39, 0.29) is 33.3 Å². The zero-order valence-corrected chi connectivity index (χ0v) is 20.9. The third kappa shape index (κ3) is 4.29. The minimum Gasteiger partial charge on any atom is -0.744 e. The van der Waals surface area contributed by atoms with Crippen molar-refractivity contribution in [2.75, 3.05) is 0 Å². The van der Waals surface area contributed by atoms with Crippen LogP contribution in [0.1, 0.15) is 50.7 Å². The highest BCUT2D eigenvalue weighted by molar-refractivity contribution is 7.87. The fraction of sp³-hybridized carbons (Fsp3) is 0.231. The molecule has 0 saturated carbocycles. The predicted octanol–water partition coefficient (Wildman–Crippen LogP) is 5.91. The summed E-state index contributed by atoms with van der Waals surface area (Å²) >= 11 is 0. The Bertz CT molecular complexity index is 1620. The first-order valence-corrected chi connectivity index (χ1v) is 13.7. The molecule has 0 fully saturated rings. The highest BCUT2D eigenvalue weighted by atomic mass is 32.2. The van der Waals surface area contributed by atoms with E-state index < -0.39 is 25.1 Å². The van der Waals surface area contributed by atoms with Crippen molar-refractivity contribution in [3.8, 4) is 5.75 Å². The molecule has 0 aromatic heterocycles. The monoisotopic (exact) mass is 497 g/mol. The average molecular weight is 498 g/mol. The van der Waals surface area contributed by atoms with Crippen LogP contribution in [0.15, 0.2) is 76.5 Å². The van der Waals surface area contributed by atoms with Gasteiger partial charge in [0.25, 0.3) is 0 Å². The first-order valence-electron chi connectivity index (χ1n) is 10.9. The lowest BCUT2D eigenvalue weighted by Crippen LogP contribution is -2.17. The highest BCUT2D eigenvalue weighted by Crippen LogP contribution is 2.40. The molecule has 0 heterocycles. The second-order valence-corrected chi connectivity index (χ2v) is 11.7. The molecule has 0 unspecified atom stereocenters. The Kier molecular flexibility index (Phi) is 6.18. The molecule has 34 heavy (non-hydrogen) atoms. The second-order valence-electron chi connectivity index (χ2n) is 8.84. The van der Waals surface area contributed by atoms with Gasteiger partial charge in [0.05, 0.1) is 4.90 Å². The van der Waals surface area contributed by atoms with Crippen LogP contribution in [0.2, 0.25) is 0 Å². The standard InChI is InChI=1S/C26H26O6S2/c1-16(2)22-15-18-9-5-6-10-19(18)25(17(3)4)26(22)34(30,31)32-23-13-14-24(33(27,28)29)21-12-8-7-11-20(21)23/h5-17H,1-4H3,(H,27,28,29)/p-1. The molecule has 0 N–H and O–H groups in total. The van der Waals surface area contributed by atoms with Crippen LogP contribution in [-0.4, -0.2) is 21.4 Å². The first kappa shape index (κ1) is 24.2. The normalized spacial score (nSPS) is 12.7. The molecular formula is C26H25O6S2-. The third-order valence-electron chi connectivity index (χ3n) is 5.83. The van der Waals surface area contributed by atoms with Crippen LogP contribution in [-0.2, 0) is 20.2 Å². The van der Waals surface area contributed by atoms with Crippen molar-refractivity contribution in [1.82, 2.24) is 0 Å². The number of hydrogen-bond acceptors (Lipinski definition) is 6. The summed E-state index contributed by atoms with van der Waals surface area (Å²) in [4.78, 5) is -0.301. The fourth-order valence-electron chi connectivity index (χ4n) is 4.35. The molecular weight excluding hydrogens is 472 g/mol. The summed E-state index contributed by atoms with van der Waals surface area (Å²) in [7, 11) is -9.08. The van der Waals surface area contributed by atoms with Gasteiger partial charge < -0.3 is 8.74 Å². The van der Waals surface area contributed by atoms with E-state index in [1.54, 1.807) is 12.1 Å². The van der Waals surface area contributed by atoms with Gasteiger partial charge in [-0.1, -0.05) is 76.2 Å². The molecule has 6 nitrogen and oxygen atoms in total. The number of fused-ring (bicyclic) bond motifs is 2. The van der Waals surface area contributed by atoms with Gasteiger partial charge in [0.1, 0.15) is 15.0 Å². The molecule has 0 amide bonds. The van der Waals surface area contributed by atoms with E-state index >= 15 is 0 Å². The SMILES string of the molecule is CC(C)c1cc2ccccc2c(C(C)C)c1S(=O)(=O)Oc1ccc(S(=O)(=O)[O-])c2ccccc12. The number of benzene rings is 4. The summed E-state index contributed by atoms with van der Waals surface area (Å²) in [6.45, 7) is 7.73. The molecule has 8 heteroatoms. The molecule has 0 aliphatic carbocycles. The van der Waals surface area contributed by atoms with E-state index in [4.69, 9.17) is 4.18 Å². The Morgan fingerprint density at radius 2 is 1.32 bits per heavy atom. The molecule has 4 aromatic rings. The zero-order valence-electron chi connectivity index (χ0n) is 19.3. The Morgan fingerprint density at radius 1 is 0.735 bits per heavy atom. The van der Waals surface area contributed by atoms with E-state index in [2.05, 4.69) is 0 Å². The molecule has 4 rings (SSSR count). The third-order valence-corrected chi connectivity index (χ3v) is 8.08. The molecule has 0 aliphatic rings. The molecule has 178 valence electrons. The van der Waals surface area contributed by atoms with Crippen molar-refractivity contribution in [1.29, 1.82) is 0 Å². The lowest BCUT2D eigenvalue weighted by Gasteiger charge is -2.22. The summed E-state index contributed by atoms with van der Waals surface area (Å²) in [6.07, 6.45) is 0. The summed E-state index contributed by atoms with van der Waals surface area (Å²) < 4.78 is 68.5. The van der Waals surface area contributed by atoms with Gasteiger partial charge in [0, 0.05) is 10.8 Å². The lowest BCUT2D eigenvalue weighted by atomic mass is 9.90. The minimum absolute atomic E-state index is 0.0411. The fourth-order valence-corrected chi connectivity index (χ4v) is 6.70. The topological polar surface area (TPSA) is 101 Å². The van der Waals surface area contributed by atoms with Crippen LogP contribution in [0, 0.1) is 0 Å². The maximum absolute atomic E-state index is 13.8. The molecule has 0 bridgehead atoms. The average Bonchev–Trinajstić information content (AvgIpc) is 2.76. The predicted molar refractivity (Wildman–Crippen MR) is 132 cm³/mol. The Hall–Kier alpha value is -2.94. The van der Waals surface area contributed by atoms with E-state index in [0.29, 0.717) is 11.1 Å². The van der Waals surface area contributed by atoms with Crippen molar-refractivity contribution in [2.24, 2.45) is 0 Å². The van der Waals surface area contributed by atoms with Crippen molar-refractivity contribution in [3.05, 3.63) is 77.9 Å². The number of rotatable bonds is 6. The van der Waals surface area contributed by atoms with Gasteiger partial charge in [-0.25, -0.2) is 8.42 Å². The van der Waals surface area contributed by atoms with Crippen molar-refractivity contribution in [2.45, 2.75) is 49.3 Å². The van der Waals surface area contributed by atoms with Gasteiger partial charge in [0.2, 0.25) is 0 Å². The van der Waals surface area contributed by atoms with Crippen molar-refractivity contribution in [3.63, 3.8) is 0 Å². The number of hydrogen-bond donors (Lipinski definition) is 0. The summed E-state index contributed by atoms with van der Waals surface area (Å²) in [5.74, 6) is -0.248. The van der Waals surface area contributed by atoms with Crippen LogP contribution < -0.4 is 4.18 Å². The highest BCUT2D eigenvalue weighted by Gasteiger charge is 2.30. The van der Waals surface area contributed by atoms with Crippen LogP contribution in [0.25, 0.3) is 21.5 Å². The van der Waals surface area contributed by atoms with Crippen LogP contribution in [0.3, 0.4) is 0 Å². The Balaban J connectivity index is 1.99. The van der Waals surface area contributed by atoms with E-state index in [9.17, 15) is 21.4 Å². The lowest BCUT2D eigenvalue weighted by molar-refractivity contribution is 0.464. The van der Waals surface area contributed by atoms with Crippen LogP contribution >= 0.6 is 0 Å². The van der Waals surface area contributed by atoms with Gasteiger partial charge in [-0.2, -0.15) is 8.42 Å².